The first-order valence-corrected chi connectivity index (χ1v) is 11.6. The number of anilines is 1. The quantitative estimate of drug-likeness (QED) is 0.355. The van der Waals surface area contributed by atoms with Crippen molar-refractivity contribution < 1.29 is 23.9 Å². The van der Waals surface area contributed by atoms with E-state index in [2.05, 4.69) is 15.4 Å². The van der Waals surface area contributed by atoms with Crippen LogP contribution in [0.1, 0.15) is 67.7 Å². The van der Waals surface area contributed by atoms with Crippen LogP contribution >= 0.6 is 0 Å². The Bertz CT molecular complexity index is 1560. The van der Waals surface area contributed by atoms with Crippen LogP contribution in [-0.2, 0) is 9.53 Å². The summed E-state index contributed by atoms with van der Waals surface area (Å²) in [5.41, 5.74) is 2.33. The Kier molecular flexibility index (Phi) is 6.19. The van der Waals surface area contributed by atoms with Crippen LogP contribution < -0.4 is 5.32 Å². The molecule has 9 heteroatoms. The summed E-state index contributed by atoms with van der Waals surface area (Å²) in [4.78, 5) is 55.3. The van der Waals surface area contributed by atoms with Gasteiger partial charge in [0.05, 0.1) is 11.9 Å². The van der Waals surface area contributed by atoms with E-state index in [1.165, 1.54) is 24.4 Å². The van der Waals surface area contributed by atoms with Crippen LogP contribution in [0.5, 0.6) is 0 Å². The molecular weight excluding hydrogens is 472 g/mol. The van der Waals surface area contributed by atoms with Gasteiger partial charge in [-0.2, -0.15) is 5.10 Å². The number of carbonyl (C=O) groups excluding carboxylic acids is 4. The second-order valence-corrected chi connectivity index (χ2v) is 8.79. The number of hydrogen-bond acceptors (Lipinski definition) is 7. The molecule has 2 aromatic heterocycles. The van der Waals surface area contributed by atoms with Crippen LogP contribution in [0.2, 0.25) is 0 Å². The van der Waals surface area contributed by atoms with E-state index in [9.17, 15) is 19.2 Å². The third-order valence-electron chi connectivity index (χ3n) is 5.98. The van der Waals surface area contributed by atoms with Crippen molar-refractivity contribution in [1.82, 2.24) is 14.8 Å². The van der Waals surface area contributed by atoms with Gasteiger partial charge >= 0.3 is 5.97 Å². The summed E-state index contributed by atoms with van der Waals surface area (Å²) in [6, 6.07) is 16.5. The molecule has 37 heavy (non-hydrogen) atoms. The molecule has 2 aromatic carbocycles. The number of amides is 1. The van der Waals surface area contributed by atoms with Crippen molar-refractivity contribution >= 4 is 29.1 Å². The fourth-order valence-corrected chi connectivity index (χ4v) is 4.32. The van der Waals surface area contributed by atoms with Gasteiger partial charge < -0.3 is 10.1 Å². The molecule has 184 valence electrons. The summed E-state index contributed by atoms with van der Waals surface area (Å²) < 4.78 is 6.83. The topological polar surface area (TPSA) is 120 Å². The Morgan fingerprint density at radius 1 is 0.919 bits per heavy atom. The lowest BCUT2D eigenvalue weighted by atomic mass is 9.84. The number of rotatable bonds is 6. The molecule has 1 aliphatic rings. The maximum Gasteiger partial charge on any atom is 0.342 e. The first kappa shape index (κ1) is 23.8. The second kappa shape index (κ2) is 9.62. The molecule has 0 saturated heterocycles. The summed E-state index contributed by atoms with van der Waals surface area (Å²) in [6.07, 6.45) is 3.03. The van der Waals surface area contributed by atoms with E-state index in [1.807, 2.05) is 19.9 Å². The predicted octanol–water partition coefficient (Wildman–Crippen LogP) is 3.96. The number of nitrogens with one attached hydrogen (secondary N) is 1. The molecule has 0 atom stereocenters. The zero-order valence-corrected chi connectivity index (χ0v) is 20.1. The highest BCUT2D eigenvalue weighted by molar-refractivity contribution is 6.28. The van der Waals surface area contributed by atoms with Gasteiger partial charge in [-0.05, 0) is 36.2 Å². The third-order valence-corrected chi connectivity index (χ3v) is 5.98. The summed E-state index contributed by atoms with van der Waals surface area (Å²) in [5, 5.41) is 6.90. The molecule has 5 rings (SSSR count). The molecular formula is C28H22N4O5. The molecule has 0 unspecified atom stereocenters. The Morgan fingerprint density at radius 2 is 1.59 bits per heavy atom. The van der Waals surface area contributed by atoms with Gasteiger partial charge in [-0.25, -0.2) is 14.5 Å². The normalized spacial score (nSPS) is 12.2. The van der Waals surface area contributed by atoms with E-state index in [0.717, 1.165) is 0 Å². The number of nitrogens with zero attached hydrogens (tertiary/aromatic N) is 3. The highest BCUT2D eigenvalue weighted by atomic mass is 16.5. The molecule has 4 aromatic rings. The SMILES string of the molecule is CC(C)c1c(C(=O)OCC(=O)Nc2ccc3c(c2)C(=O)c2ccccc2C3=O)cnn1-c1ccccn1. The van der Waals surface area contributed by atoms with Crippen LogP contribution in [0.4, 0.5) is 5.69 Å². The fourth-order valence-electron chi connectivity index (χ4n) is 4.32. The molecule has 1 amide bonds. The van der Waals surface area contributed by atoms with Crippen LogP contribution in [0.25, 0.3) is 5.82 Å². The lowest BCUT2D eigenvalue weighted by Crippen LogP contribution is -2.23. The van der Waals surface area contributed by atoms with Crippen LogP contribution in [0, 0.1) is 0 Å². The molecule has 0 spiro atoms. The van der Waals surface area contributed by atoms with Crippen molar-refractivity contribution in [3.05, 3.63) is 107 Å². The predicted molar refractivity (Wildman–Crippen MR) is 134 cm³/mol. The third kappa shape index (κ3) is 4.42. The number of fused-ring (bicyclic) bond motifs is 2. The lowest BCUT2D eigenvalue weighted by Gasteiger charge is -2.18. The van der Waals surface area contributed by atoms with Crippen molar-refractivity contribution in [3.63, 3.8) is 0 Å². The molecule has 2 heterocycles. The van der Waals surface area contributed by atoms with Gasteiger partial charge in [-0.1, -0.05) is 44.2 Å². The largest absolute Gasteiger partial charge is 0.452 e. The van der Waals surface area contributed by atoms with E-state index in [0.29, 0.717) is 28.3 Å². The number of esters is 1. The van der Waals surface area contributed by atoms with E-state index in [-0.39, 0.29) is 34.2 Å². The van der Waals surface area contributed by atoms with Crippen LogP contribution in [0.3, 0.4) is 0 Å². The van der Waals surface area contributed by atoms with Gasteiger partial charge in [0, 0.05) is 34.1 Å². The number of benzene rings is 2. The van der Waals surface area contributed by atoms with Crippen molar-refractivity contribution in [1.29, 1.82) is 0 Å². The number of aromatic nitrogens is 3. The Labute approximate surface area is 212 Å². The Hall–Kier alpha value is -4.92. The zero-order chi connectivity index (χ0) is 26.1. The summed E-state index contributed by atoms with van der Waals surface area (Å²) in [5.74, 6) is -1.33. The standard InChI is InChI=1S/C28H22N4O5/c1-16(2)25-22(14-30-32(25)23-9-5-6-12-29-23)28(36)37-15-24(33)31-17-10-11-20-21(13-17)27(35)19-8-4-3-7-18(19)26(20)34/h3-14,16H,15H2,1-2H3,(H,31,33). The van der Waals surface area contributed by atoms with Gasteiger partial charge in [0.1, 0.15) is 5.56 Å². The molecule has 9 nitrogen and oxygen atoms in total. The smallest absolute Gasteiger partial charge is 0.342 e. The average molecular weight is 495 g/mol. The minimum atomic E-state index is -0.691. The first-order valence-electron chi connectivity index (χ1n) is 11.6. The summed E-state index contributed by atoms with van der Waals surface area (Å²) in [7, 11) is 0. The zero-order valence-electron chi connectivity index (χ0n) is 20.1. The molecule has 0 fully saturated rings. The van der Waals surface area contributed by atoms with E-state index >= 15 is 0 Å². The Balaban J connectivity index is 1.28. The van der Waals surface area contributed by atoms with Gasteiger partial charge in [0.15, 0.2) is 24.0 Å². The first-order chi connectivity index (χ1) is 17.8. The highest BCUT2D eigenvalue weighted by Crippen LogP contribution is 2.29. The minimum Gasteiger partial charge on any atom is -0.452 e. The number of carbonyl (C=O) groups is 4. The molecule has 1 aliphatic carbocycles. The fraction of sp³-hybridized carbons (Fsp3) is 0.143. The van der Waals surface area contributed by atoms with Crippen LogP contribution in [-0.4, -0.2) is 44.8 Å². The molecule has 0 saturated carbocycles. The van der Waals surface area contributed by atoms with E-state index in [4.69, 9.17) is 4.74 Å². The molecule has 0 aliphatic heterocycles. The van der Waals surface area contributed by atoms with Gasteiger partial charge in [0.2, 0.25) is 0 Å². The maximum absolute atomic E-state index is 12.9. The molecule has 0 radical (unpaired) electrons. The highest BCUT2D eigenvalue weighted by Gasteiger charge is 2.29. The number of hydrogen-bond donors (Lipinski definition) is 1. The molecule has 0 bridgehead atoms. The van der Waals surface area contributed by atoms with Crippen molar-refractivity contribution in [2.45, 2.75) is 19.8 Å². The van der Waals surface area contributed by atoms with Crippen molar-refractivity contribution in [2.24, 2.45) is 0 Å². The lowest BCUT2D eigenvalue weighted by molar-refractivity contribution is -0.119. The van der Waals surface area contributed by atoms with Crippen molar-refractivity contribution in [2.75, 3.05) is 11.9 Å². The van der Waals surface area contributed by atoms with E-state index in [1.54, 1.807) is 47.3 Å². The number of pyridine rings is 1. The molecule has 1 N–H and O–H groups in total. The van der Waals surface area contributed by atoms with E-state index < -0.39 is 18.5 Å². The van der Waals surface area contributed by atoms with Gasteiger partial charge in [0.25, 0.3) is 5.91 Å². The maximum atomic E-state index is 12.9. The monoisotopic (exact) mass is 494 g/mol. The van der Waals surface area contributed by atoms with Gasteiger partial charge in [-0.15, -0.1) is 0 Å². The number of ketones is 2. The van der Waals surface area contributed by atoms with Gasteiger partial charge in [-0.3, -0.25) is 14.4 Å². The summed E-state index contributed by atoms with van der Waals surface area (Å²) >= 11 is 0. The summed E-state index contributed by atoms with van der Waals surface area (Å²) in [6.45, 7) is 3.29. The van der Waals surface area contributed by atoms with Crippen LogP contribution in [0.15, 0.2) is 73.1 Å². The average Bonchev–Trinajstić information content (AvgIpc) is 3.37. The number of ether oxygens (including phenoxy) is 1. The second-order valence-electron chi connectivity index (χ2n) is 8.79. The minimum absolute atomic E-state index is 0.0678. The van der Waals surface area contributed by atoms with Crippen molar-refractivity contribution in [3.8, 4) is 5.82 Å². The Morgan fingerprint density at radius 3 is 2.27 bits per heavy atom.